The van der Waals surface area contributed by atoms with Crippen molar-refractivity contribution < 1.29 is 20.1 Å². The predicted molar refractivity (Wildman–Crippen MR) is 108 cm³/mol. The molecule has 3 aromatic rings. The quantitative estimate of drug-likeness (QED) is 0.347. The van der Waals surface area contributed by atoms with Crippen molar-refractivity contribution in [1.82, 2.24) is 19.1 Å². The van der Waals surface area contributed by atoms with Crippen LogP contribution in [0.15, 0.2) is 27.8 Å². The van der Waals surface area contributed by atoms with E-state index in [1.807, 2.05) is 0 Å². The van der Waals surface area contributed by atoms with Gasteiger partial charge in [-0.05, 0) is 17.7 Å². The minimum Gasteiger partial charge on any atom is -0.394 e. The van der Waals surface area contributed by atoms with Crippen molar-refractivity contribution in [2.75, 3.05) is 12.3 Å². The lowest BCUT2D eigenvalue weighted by atomic mass is 10.1. The van der Waals surface area contributed by atoms with Gasteiger partial charge in [0, 0.05) is 0 Å². The van der Waals surface area contributed by atoms with E-state index in [2.05, 4.69) is 9.97 Å². The molecule has 2 aromatic heterocycles. The number of nitrogens with zero attached hydrogens (tertiary/aromatic N) is 3. The fraction of sp³-hybridized carbons (Fsp3) is 0.353. The number of ether oxygens (including phenoxy) is 1. The summed E-state index contributed by atoms with van der Waals surface area (Å²) in [6, 6.07) is 4.73. The molecule has 0 aliphatic carbocycles. The number of benzene rings is 1. The maximum atomic E-state index is 13.2. The molecule has 13 heteroatoms. The average Bonchev–Trinajstić information content (AvgIpc) is 3.12. The van der Waals surface area contributed by atoms with Crippen molar-refractivity contribution in [1.29, 1.82) is 0 Å². The summed E-state index contributed by atoms with van der Waals surface area (Å²) in [5.74, 6) is -0.250. The summed E-state index contributed by atoms with van der Waals surface area (Å²) in [5.41, 5.74) is 4.54. The molecule has 0 spiro atoms. The highest BCUT2D eigenvalue weighted by atomic mass is 35.5. The second-order valence-electron chi connectivity index (χ2n) is 6.84. The van der Waals surface area contributed by atoms with Gasteiger partial charge in [0.2, 0.25) is 5.95 Å². The Balaban J connectivity index is 1.92. The van der Waals surface area contributed by atoms with E-state index in [0.717, 1.165) is 9.13 Å². The minimum atomic E-state index is -1.55. The Labute approximate surface area is 177 Å². The zero-order chi connectivity index (χ0) is 21.7. The number of H-pyrrole nitrogens is 1. The molecule has 3 heterocycles. The Morgan fingerprint density at radius 2 is 1.93 bits per heavy atom. The Morgan fingerprint density at radius 3 is 2.57 bits per heavy atom. The number of rotatable bonds is 4. The highest BCUT2D eigenvalue weighted by Gasteiger charge is 2.45. The van der Waals surface area contributed by atoms with E-state index in [0.29, 0.717) is 10.6 Å². The first-order valence-corrected chi connectivity index (χ1v) is 9.55. The third-order valence-corrected chi connectivity index (χ3v) is 5.67. The molecular formula is C17H17Cl2N5O6. The number of hydrogen-bond acceptors (Lipinski definition) is 8. The van der Waals surface area contributed by atoms with Crippen molar-refractivity contribution in [3.63, 3.8) is 0 Å². The number of aromatic nitrogens is 4. The Kier molecular flexibility index (Phi) is 5.34. The van der Waals surface area contributed by atoms with Crippen LogP contribution >= 0.6 is 23.2 Å². The van der Waals surface area contributed by atoms with Crippen molar-refractivity contribution in [2.45, 2.75) is 31.1 Å². The number of nitrogens with two attached hydrogens (primary N) is 1. The predicted octanol–water partition coefficient (Wildman–Crippen LogP) is -0.565. The lowest BCUT2D eigenvalue weighted by Gasteiger charge is -2.15. The molecule has 0 amide bonds. The number of halogens is 2. The highest BCUT2D eigenvalue weighted by Crippen LogP contribution is 2.30. The summed E-state index contributed by atoms with van der Waals surface area (Å²) < 4.78 is 7.51. The van der Waals surface area contributed by atoms with E-state index in [1.165, 1.54) is 0 Å². The number of nitrogen functional groups attached to an aromatic ring is 1. The standard InChI is InChI=1S/C17H17Cl2N5O6/c18-7-2-1-6(3-8(7)19)4-23-10-13(21-16(20)22-14(10)28)24(17(23)29)15-12(27)11(26)9(5-25)30-15/h1-3,9,11-12,15,25-27H,4-5H2,(H3,20,21,22,28)/t9-,11-,12-,15-/m1/s1. The molecular weight excluding hydrogens is 441 g/mol. The summed E-state index contributed by atoms with van der Waals surface area (Å²) in [7, 11) is 0. The Hall–Kier alpha value is -2.41. The molecule has 1 saturated heterocycles. The third kappa shape index (κ3) is 3.29. The molecule has 11 nitrogen and oxygen atoms in total. The van der Waals surface area contributed by atoms with Crippen LogP contribution in [-0.2, 0) is 11.3 Å². The maximum Gasteiger partial charge on any atom is 0.333 e. The van der Waals surface area contributed by atoms with Crippen LogP contribution in [0.25, 0.3) is 11.2 Å². The van der Waals surface area contributed by atoms with Gasteiger partial charge in [-0.1, -0.05) is 29.3 Å². The number of anilines is 1. The van der Waals surface area contributed by atoms with Crippen molar-refractivity contribution in [3.8, 4) is 0 Å². The maximum absolute atomic E-state index is 13.2. The molecule has 6 N–H and O–H groups in total. The molecule has 4 atom stereocenters. The van der Waals surface area contributed by atoms with E-state index in [1.54, 1.807) is 18.2 Å². The van der Waals surface area contributed by atoms with Crippen LogP contribution in [0, 0.1) is 0 Å². The lowest BCUT2D eigenvalue weighted by molar-refractivity contribution is -0.0527. The van der Waals surface area contributed by atoms with Crippen LogP contribution in [0.3, 0.4) is 0 Å². The van der Waals surface area contributed by atoms with Crippen LogP contribution < -0.4 is 17.0 Å². The molecule has 30 heavy (non-hydrogen) atoms. The van der Waals surface area contributed by atoms with Gasteiger partial charge in [0.25, 0.3) is 5.56 Å². The van der Waals surface area contributed by atoms with Crippen LogP contribution in [0.4, 0.5) is 5.95 Å². The molecule has 160 valence electrons. The second kappa shape index (κ2) is 7.69. The van der Waals surface area contributed by atoms with E-state index < -0.39 is 42.4 Å². The van der Waals surface area contributed by atoms with Gasteiger partial charge in [0.05, 0.1) is 23.2 Å². The number of aliphatic hydroxyl groups excluding tert-OH is 3. The summed E-state index contributed by atoms with van der Waals surface area (Å²) >= 11 is 12.0. The van der Waals surface area contributed by atoms with Crippen LogP contribution in [0.1, 0.15) is 11.8 Å². The third-order valence-electron chi connectivity index (χ3n) is 4.93. The SMILES string of the molecule is Nc1nc2c(c(=O)[nH]1)n(Cc1ccc(Cl)c(Cl)c1)c(=O)n2[C@@H]1O[C@H](CO)[C@@H](O)[C@H]1O. The Morgan fingerprint density at radius 1 is 1.20 bits per heavy atom. The molecule has 1 fully saturated rings. The molecule has 0 unspecified atom stereocenters. The van der Waals surface area contributed by atoms with Crippen LogP contribution in [0.5, 0.6) is 0 Å². The topological polar surface area (TPSA) is 169 Å². The fourth-order valence-corrected chi connectivity index (χ4v) is 3.81. The zero-order valence-electron chi connectivity index (χ0n) is 15.2. The first-order chi connectivity index (χ1) is 14.2. The normalized spacial score (nSPS) is 24.0. The van der Waals surface area contributed by atoms with Gasteiger partial charge in [0.1, 0.15) is 18.3 Å². The van der Waals surface area contributed by atoms with Gasteiger partial charge >= 0.3 is 5.69 Å². The van der Waals surface area contributed by atoms with E-state index in [4.69, 9.17) is 33.7 Å². The van der Waals surface area contributed by atoms with E-state index in [-0.39, 0.29) is 28.7 Å². The molecule has 1 aliphatic rings. The molecule has 4 rings (SSSR count). The number of fused-ring (bicyclic) bond motifs is 1. The van der Waals surface area contributed by atoms with E-state index >= 15 is 0 Å². The zero-order valence-corrected chi connectivity index (χ0v) is 16.7. The van der Waals surface area contributed by atoms with Gasteiger partial charge in [-0.3, -0.25) is 14.3 Å². The molecule has 0 saturated carbocycles. The van der Waals surface area contributed by atoms with Crippen LogP contribution in [-0.4, -0.2) is 59.3 Å². The number of hydrogen-bond donors (Lipinski definition) is 5. The number of nitrogens with one attached hydrogen (secondary N) is 1. The summed E-state index contributed by atoms with van der Waals surface area (Å²) in [5, 5.41) is 30.4. The van der Waals surface area contributed by atoms with Gasteiger partial charge in [0.15, 0.2) is 17.4 Å². The monoisotopic (exact) mass is 457 g/mol. The van der Waals surface area contributed by atoms with Crippen LogP contribution in [0.2, 0.25) is 10.0 Å². The number of imidazole rings is 1. The molecule has 0 bridgehead atoms. The largest absolute Gasteiger partial charge is 0.394 e. The number of aliphatic hydroxyl groups is 3. The van der Waals surface area contributed by atoms with Gasteiger partial charge in [-0.2, -0.15) is 4.98 Å². The average molecular weight is 458 g/mol. The smallest absolute Gasteiger partial charge is 0.333 e. The van der Waals surface area contributed by atoms with Crippen molar-refractivity contribution in [3.05, 3.63) is 54.6 Å². The first-order valence-electron chi connectivity index (χ1n) is 8.79. The number of aromatic amines is 1. The van der Waals surface area contributed by atoms with Gasteiger partial charge in [-0.15, -0.1) is 0 Å². The Bertz CT molecular complexity index is 1240. The fourth-order valence-electron chi connectivity index (χ4n) is 3.49. The molecule has 0 radical (unpaired) electrons. The van der Waals surface area contributed by atoms with Crippen molar-refractivity contribution >= 4 is 40.3 Å². The molecule has 1 aromatic carbocycles. The van der Waals surface area contributed by atoms with Gasteiger partial charge < -0.3 is 25.8 Å². The van der Waals surface area contributed by atoms with E-state index in [9.17, 15) is 24.9 Å². The first kappa shape index (κ1) is 20.8. The molecule has 1 aliphatic heterocycles. The lowest BCUT2D eigenvalue weighted by Crippen LogP contribution is -2.36. The second-order valence-corrected chi connectivity index (χ2v) is 7.65. The summed E-state index contributed by atoms with van der Waals surface area (Å²) in [4.78, 5) is 32.2. The van der Waals surface area contributed by atoms with Gasteiger partial charge in [-0.25, -0.2) is 9.36 Å². The highest BCUT2D eigenvalue weighted by molar-refractivity contribution is 6.42. The summed E-state index contributed by atoms with van der Waals surface area (Å²) in [6.07, 6.45) is -5.51. The summed E-state index contributed by atoms with van der Waals surface area (Å²) in [6.45, 7) is -0.649. The van der Waals surface area contributed by atoms with Crippen molar-refractivity contribution in [2.24, 2.45) is 0 Å². The minimum absolute atomic E-state index is 0.0668.